The number of nitrogens with one attached hydrogen (secondary N) is 1. The highest BCUT2D eigenvalue weighted by Gasteiger charge is 2.21. The Kier molecular flexibility index (Phi) is 5.29. The second-order valence-electron chi connectivity index (χ2n) is 3.54. The summed E-state index contributed by atoms with van der Waals surface area (Å²) >= 11 is 0. The molecular weight excluding hydrogens is 246 g/mol. The van der Waals surface area contributed by atoms with Crippen molar-refractivity contribution < 1.29 is 18.4 Å². The van der Waals surface area contributed by atoms with Crippen molar-refractivity contribution in [1.82, 2.24) is 0 Å². The van der Waals surface area contributed by atoms with Gasteiger partial charge in [0.05, 0.1) is 4.92 Å². The molecule has 1 rings (SSSR count). The number of nitro benzene ring substituents is 1. The normalized spacial score (nSPS) is 10.4. The standard InChI is InChI=1S/C11H14F2N2O3/c1-2-6-14-8-4-3-5-9(11(8)15(16)17)18-7-10(12)13/h3-5,10,14H,2,6-7H2,1H3. The Morgan fingerprint density at radius 1 is 1.50 bits per heavy atom. The van der Waals surface area contributed by atoms with Crippen LogP contribution in [0, 0.1) is 10.1 Å². The predicted octanol–water partition coefficient (Wildman–Crippen LogP) is 3.06. The monoisotopic (exact) mass is 260 g/mol. The summed E-state index contributed by atoms with van der Waals surface area (Å²) in [6, 6.07) is 4.34. The quantitative estimate of drug-likeness (QED) is 0.604. The number of alkyl halides is 2. The number of hydrogen-bond acceptors (Lipinski definition) is 4. The first-order valence-corrected chi connectivity index (χ1v) is 5.48. The summed E-state index contributed by atoms with van der Waals surface area (Å²) in [6.45, 7) is 1.60. The van der Waals surface area contributed by atoms with Crippen LogP contribution in [0.15, 0.2) is 18.2 Å². The summed E-state index contributed by atoms with van der Waals surface area (Å²) < 4.78 is 28.8. The Hall–Kier alpha value is -1.92. The lowest BCUT2D eigenvalue weighted by atomic mass is 10.2. The van der Waals surface area contributed by atoms with Gasteiger partial charge in [0.15, 0.2) is 5.75 Å². The van der Waals surface area contributed by atoms with E-state index in [2.05, 4.69) is 5.32 Å². The minimum absolute atomic E-state index is 0.151. The van der Waals surface area contributed by atoms with Crippen molar-refractivity contribution in [3.05, 3.63) is 28.3 Å². The number of nitro groups is 1. The van der Waals surface area contributed by atoms with Crippen LogP contribution < -0.4 is 10.1 Å². The molecule has 0 aliphatic carbocycles. The molecule has 0 aromatic heterocycles. The molecule has 0 aliphatic rings. The number of halogens is 2. The first kappa shape index (κ1) is 14.1. The molecule has 7 heteroatoms. The molecule has 1 N–H and O–H groups in total. The maximum absolute atomic E-state index is 12.0. The Bertz CT molecular complexity index is 413. The van der Waals surface area contributed by atoms with Crippen molar-refractivity contribution in [2.75, 3.05) is 18.5 Å². The van der Waals surface area contributed by atoms with E-state index in [1.165, 1.54) is 18.2 Å². The van der Waals surface area contributed by atoms with E-state index in [0.29, 0.717) is 6.54 Å². The molecule has 18 heavy (non-hydrogen) atoms. The highest BCUT2D eigenvalue weighted by Crippen LogP contribution is 2.34. The summed E-state index contributed by atoms with van der Waals surface area (Å²) in [5, 5.41) is 13.8. The zero-order valence-electron chi connectivity index (χ0n) is 9.86. The first-order valence-electron chi connectivity index (χ1n) is 5.48. The van der Waals surface area contributed by atoms with Crippen molar-refractivity contribution in [1.29, 1.82) is 0 Å². The molecule has 1 aromatic carbocycles. The summed E-state index contributed by atoms with van der Waals surface area (Å²) in [7, 11) is 0. The fourth-order valence-corrected chi connectivity index (χ4v) is 1.38. The average Bonchev–Trinajstić information content (AvgIpc) is 2.33. The summed E-state index contributed by atoms with van der Waals surface area (Å²) in [4.78, 5) is 10.3. The number of hydrogen-bond donors (Lipinski definition) is 1. The lowest BCUT2D eigenvalue weighted by molar-refractivity contribution is -0.385. The predicted molar refractivity (Wildman–Crippen MR) is 63.4 cm³/mol. The van der Waals surface area contributed by atoms with Crippen LogP contribution in [0.4, 0.5) is 20.2 Å². The van der Waals surface area contributed by atoms with Crippen molar-refractivity contribution in [3.63, 3.8) is 0 Å². The van der Waals surface area contributed by atoms with E-state index in [4.69, 9.17) is 4.74 Å². The molecule has 100 valence electrons. The van der Waals surface area contributed by atoms with Crippen LogP contribution in [0.1, 0.15) is 13.3 Å². The molecule has 0 amide bonds. The summed E-state index contributed by atoms with van der Waals surface area (Å²) in [5.74, 6) is -0.151. The molecule has 0 heterocycles. The molecule has 0 saturated carbocycles. The molecular formula is C11H14F2N2O3. The minimum atomic E-state index is -2.67. The number of nitrogens with zero attached hydrogens (tertiary/aromatic N) is 1. The number of anilines is 1. The summed E-state index contributed by atoms with van der Waals surface area (Å²) in [5.41, 5.74) is -0.0415. The first-order chi connectivity index (χ1) is 8.56. The highest BCUT2D eigenvalue weighted by molar-refractivity contribution is 5.68. The van der Waals surface area contributed by atoms with Gasteiger partial charge >= 0.3 is 5.69 Å². The Morgan fingerprint density at radius 2 is 2.22 bits per heavy atom. The van der Waals surface area contributed by atoms with Gasteiger partial charge in [-0.25, -0.2) is 8.78 Å². The van der Waals surface area contributed by atoms with E-state index >= 15 is 0 Å². The molecule has 0 aliphatic heterocycles. The zero-order chi connectivity index (χ0) is 13.5. The molecule has 0 atom stereocenters. The van der Waals surface area contributed by atoms with Gasteiger partial charge in [0.1, 0.15) is 12.3 Å². The van der Waals surface area contributed by atoms with Crippen LogP contribution in [0.3, 0.4) is 0 Å². The highest BCUT2D eigenvalue weighted by atomic mass is 19.3. The maximum atomic E-state index is 12.0. The van der Waals surface area contributed by atoms with Crippen molar-refractivity contribution in [2.24, 2.45) is 0 Å². The molecule has 0 saturated heterocycles. The Labute approximate surface area is 103 Å². The number of rotatable bonds is 7. The Balaban J connectivity index is 2.97. The van der Waals surface area contributed by atoms with E-state index in [-0.39, 0.29) is 17.1 Å². The number of para-hydroxylation sites is 1. The van der Waals surface area contributed by atoms with Gasteiger partial charge in [-0.2, -0.15) is 0 Å². The third-order valence-electron chi connectivity index (χ3n) is 2.11. The second-order valence-corrected chi connectivity index (χ2v) is 3.54. The largest absolute Gasteiger partial charge is 0.481 e. The number of ether oxygens (including phenoxy) is 1. The van der Waals surface area contributed by atoms with Gasteiger partial charge in [0.25, 0.3) is 6.43 Å². The molecule has 0 spiro atoms. The molecule has 0 fully saturated rings. The van der Waals surface area contributed by atoms with Gasteiger partial charge in [-0.3, -0.25) is 10.1 Å². The lowest BCUT2D eigenvalue weighted by Gasteiger charge is -2.10. The fraction of sp³-hybridized carbons (Fsp3) is 0.455. The van der Waals surface area contributed by atoms with Gasteiger partial charge in [-0.05, 0) is 18.6 Å². The van der Waals surface area contributed by atoms with Crippen LogP contribution in [-0.4, -0.2) is 24.5 Å². The molecule has 0 bridgehead atoms. The number of benzene rings is 1. The van der Waals surface area contributed by atoms with E-state index < -0.39 is 18.0 Å². The van der Waals surface area contributed by atoms with Crippen molar-refractivity contribution in [3.8, 4) is 5.75 Å². The minimum Gasteiger partial charge on any atom is -0.481 e. The van der Waals surface area contributed by atoms with Crippen molar-refractivity contribution >= 4 is 11.4 Å². The van der Waals surface area contributed by atoms with Crippen LogP contribution >= 0.6 is 0 Å². The van der Waals surface area contributed by atoms with E-state index in [1.54, 1.807) is 0 Å². The molecule has 0 radical (unpaired) electrons. The van der Waals surface area contributed by atoms with Crippen LogP contribution in [0.5, 0.6) is 5.75 Å². The zero-order valence-corrected chi connectivity index (χ0v) is 9.86. The van der Waals surface area contributed by atoms with Gasteiger partial charge in [0.2, 0.25) is 0 Å². The smallest absolute Gasteiger partial charge is 0.333 e. The van der Waals surface area contributed by atoms with E-state index in [0.717, 1.165) is 6.42 Å². The third kappa shape index (κ3) is 3.83. The Morgan fingerprint density at radius 3 is 2.78 bits per heavy atom. The topological polar surface area (TPSA) is 64.4 Å². The molecule has 5 nitrogen and oxygen atoms in total. The van der Waals surface area contributed by atoms with Crippen molar-refractivity contribution in [2.45, 2.75) is 19.8 Å². The molecule has 0 unspecified atom stereocenters. The van der Waals surface area contributed by atoms with E-state index in [1.807, 2.05) is 6.92 Å². The third-order valence-corrected chi connectivity index (χ3v) is 2.11. The van der Waals surface area contributed by atoms with Gasteiger partial charge in [0, 0.05) is 6.54 Å². The SMILES string of the molecule is CCCNc1cccc(OCC(F)F)c1[N+](=O)[O-]. The van der Waals surface area contributed by atoms with Gasteiger partial charge in [-0.1, -0.05) is 13.0 Å². The molecule has 1 aromatic rings. The van der Waals surface area contributed by atoms with Gasteiger partial charge < -0.3 is 10.1 Å². The second kappa shape index (κ2) is 6.73. The van der Waals surface area contributed by atoms with Gasteiger partial charge in [-0.15, -0.1) is 0 Å². The lowest BCUT2D eigenvalue weighted by Crippen LogP contribution is -2.10. The van der Waals surface area contributed by atoms with Crippen LogP contribution in [-0.2, 0) is 0 Å². The maximum Gasteiger partial charge on any atom is 0.333 e. The fourth-order valence-electron chi connectivity index (χ4n) is 1.38. The summed E-state index contributed by atoms with van der Waals surface area (Å²) in [6.07, 6.45) is -1.88. The van der Waals surface area contributed by atoms with Crippen LogP contribution in [0.2, 0.25) is 0 Å². The average molecular weight is 260 g/mol. The van der Waals surface area contributed by atoms with E-state index in [9.17, 15) is 18.9 Å². The van der Waals surface area contributed by atoms with Crippen LogP contribution in [0.25, 0.3) is 0 Å².